The first-order valence-corrected chi connectivity index (χ1v) is 9.92. The number of carbonyl (C=O) groups excluding carboxylic acids is 1. The lowest BCUT2D eigenvalue weighted by molar-refractivity contribution is -0.136. The Morgan fingerprint density at radius 1 is 1.29 bits per heavy atom. The van der Waals surface area contributed by atoms with Crippen molar-refractivity contribution in [3.8, 4) is 0 Å². The maximum absolute atomic E-state index is 13.4. The first-order valence-electron chi connectivity index (χ1n) is 9.92. The Labute approximate surface area is 175 Å². The van der Waals surface area contributed by atoms with Crippen LogP contribution in [0.2, 0.25) is 0 Å². The van der Waals surface area contributed by atoms with Gasteiger partial charge in [0.05, 0.1) is 22.2 Å². The highest BCUT2D eigenvalue weighted by Crippen LogP contribution is 2.34. The van der Waals surface area contributed by atoms with Gasteiger partial charge in [-0.3, -0.25) is 14.6 Å². The number of rotatable bonds is 3. The number of alkyl halides is 3. The fourth-order valence-corrected chi connectivity index (χ4v) is 3.88. The van der Waals surface area contributed by atoms with Crippen LogP contribution < -0.4 is 5.56 Å². The summed E-state index contributed by atoms with van der Waals surface area (Å²) in [5.41, 5.74) is -0.538. The monoisotopic (exact) mass is 434 g/mol. The molecule has 0 bridgehead atoms. The first kappa shape index (κ1) is 21.1. The molecule has 0 aliphatic carbocycles. The molecular formula is C21H21F3N4O3. The van der Waals surface area contributed by atoms with Crippen LogP contribution in [-0.4, -0.2) is 39.0 Å². The minimum absolute atomic E-state index is 0.00680. The highest BCUT2D eigenvalue weighted by atomic mass is 19.4. The Hall–Kier alpha value is -3.17. The number of aryl methyl sites for hydroxylation is 1. The number of nitrogens with one attached hydrogen (secondary N) is 1. The second-order valence-corrected chi connectivity index (χ2v) is 8.13. The summed E-state index contributed by atoms with van der Waals surface area (Å²) in [6, 6.07) is 3.96. The molecule has 3 aromatic rings. The highest BCUT2D eigenvalue weighted by Gasteiger charge is 2.35. The topological polar surface area (TPSA) is 92.1 Å². The number of nitrogens with zero attached hydrogens (tertiary/aromatic N) is 3. The molecule has 0 radical (unpaired) electrons. The predicted octanol–water partition coefficient (Wildman–Crippen LogP) is 3.99. The molecule has 164 valence electrons. The minimum Gasteiger partial charge on any atom is -0.351 e. The van der Waals surface area contributed by atoms with Crippen molar-refractivity contribution < 1.29 is 22.5 Å². The van der Waals surface area contributed by atoms with Gasteiger partial charge in [-0.2, -0.15) is 13.2 Å². The number of hydrogen-bond acceptors (Lipinski definition) is 5. The highest BCUT2D eigenvalue weighted by molar-refractivity contribution is 5.91. The average molecular weight is 434 g/mol. The summed E-state index contributed by atoms with van der Waals surface area (Å²) in [7, 11) is 0. The number of likely N-dealkylation sites (tertiary alicyclic amines) is 1. The molecule has 0 saturated carbocycles. The molecule has 1 atom stereocenters. The van der Waals surface area contributed by atoms with Gasteiger partial charge in [-0.25, -0.2) is 0 Å². The maximum Gasteiger partial charge on any atom is 0.417 e. The van der Waals surface area contributed by atoms with E-state index in [0.29, 0.717) is 30.9 Å². The van der Waals surface area contributed by atoms with E-state index in [2.05, 4.69) is 15.1 Å². The van der Waals surface area contributed by atoms with Crippen molar-refractivity contribution >= 4 is 16.8 Å². The van der Waals surface area contributed by atoms with Crippen LogP contribution in [0.1, 0.15) is 65.3 Å². The Balaban J connectivity index is 1.63. The molecule has 0 unspecified atom stereocenters. The lowest BCUT2D eigenvalue weighted by atomic mass is 10.0. The van der Waals surface area contributed by atoms with E-state index in [-0.39, 0.29) is 34.7 Å². The minimum atomic E-state index is -4.66. The van der Waals surface area contributed by atoms with Crippen LogP contribution in [0.15, 0.2) is 27.5 Å². The zero-order valence-corrected chi connectivity index (χ0v) is 17.2. The van der Waals surface area contributed by atoms with Gasteiger partial charge in [0.2, 0.25) is 5.76 Å². The number of carbonyl (C=O) groups is 1. The maximum atomic E-state index is 13.4. The molecule has 4 heterocycles. The molecule has 0 aromatic carbocycles. The van der Waals surface area contributed by atoms with Crippen LogP contribution in [0.5, 0.6) is 0 Å². The van der Waals surface area contributed by atoms with Crippen molar-refractivity contribution in [2.24, 2.45) is 0 Å². The van der Waals surface area contributed by atoms with Crippen molar-refractivity contribution in [2.45, 2.75) is 45.2 Å². The average Bonchev–Trinajstić information content (AvgIpc) is 3.36. The number of aromatic amines is 1. The summed E-state index contributed by atoms with van der Waals surface area (Å²) < 4.78 is 45.3. The molecule has 3 aromatic heterocycles. The molecule has 1 amide bonds. The quantitative estimate of drug-likeness (QED) is 0.673. The second-order valence-electron chi connectivity index (χ2n) is 8.13. The largest absolute Gasteiger partial charge is 0.417 e. The molecule has 1 fully saturated rings. The molecule has 7 nitrogen and oxygen atoms in total. The number of H-pyrrole nitrogens is 1. The summed E-state index contributed by atoms with van der Waals surface area (Å²) in [5.74, 6) is -0.274. The van der Waals surface area contributed by atoms with Gasteiger partial charge in [0.1, 0.15) is 0 Å². The molecule has 1 aliphatic heterocycles. The summed E-state index contributed by atoms with van der Waals surface area (Å²) in [6.07, 6.45) is -4.11. The van der Waals surface area contributed by atoms with Gasteiger partial charge < -0.3 is 14.4 Å². The smallest absolute Gasteiger partial charge is 0.351 e. The van der Waals surface area contributed by atoms with Crippen LogP contribution in [0, 0.1) is 6.92 Å². The van der Waals surface area contributed by atoms with Crippen LogP contribution in [0.4, 0.5) is 13.2 Å². The molecule has 31 heavy (non-hydrogen) atoms. The molecular weight excluding hydrogens is 413 g/mol. The molecule has 10 heteroatoms. The lowest BCUT2D eigenvalue weighted by Crippen LogP contribution is -2.28. The van der Waals surface area contributed by atoms with Gasteiger partial charge in [0.25, 0.3) is 11.5 Å². The van der Waals surface area contributed by atoms with Gasteiger partial charge in [-0.15, -0.1) is 0 Å². The van der Waals surface area contributed by atoms with Crippen molar-refractivity contribution in [3.05, 3.63) is 57.0 Å². The fraction of sp³-hybridized carbons (Fsp3) is 0.429. The van der Waals surface area contributed by atoms with Crippen molar-refractivity contribution in [1.82, 2.24) is 20.0 Å². The van der Waals surface area contributed by atoms with Crippen molar-refractivity contribution in [1.29, 1.82) is 0 Å². The SMILES string of the molecule is Cc1cc(C(F)(F)F)c2c(=O)[nH]c([C@@H]3CCN(C(=O)c4cc(C(C)C)no4)C3)cc2n1. The molecule has 0 spiro atoms. The van der Waals surface area contributed by atoms with E-state index in [1.165, 1.54) is 13.0 Å². The number of hydrogen-bond donors (Lipinski definition) is 1. The zero-order valence-electron chi connectivity index (χ0n) is 17.2. The van der Waals surface area contributed by atoms with Crippen LogP contribution in [0.3, 0.4) is 0 Å². The van der Waals surface area contributed by atoms with Crippen molar-refractivity contribution in [2.75, 3.05) is 13.1 Å². The van der Waals surface area contributed by atoms with Gasteiger partial charge in [-0.1, -0.05) is 19.0 Å². The summed E-state index contributed by atoms with van der Waals surface area (Å²) in [4.78, 5) is 33.6. The van der Waals surface area contributed by atoms with E-state index in [4.69, 9.17) is 4.52 Å². The Kier molecular flexibility index (Phi) is 5.10. The third-order valence-corrected chi connectivity index (χ3v) is 5.50. The van der Waals surface area contributed by atoms with Crippen molar-refractivity contribution in [3.63, 3.8) is 0 Å². The standard InChI is InChI=1S/C21H21F3N4O3/c1-10(2)14-8-17(31-27-14)20(30)28-5-4-12(9-28)15-7-16-18(19(29)26-15)13(21(22,23)24)6-11(3)25-16/h6-8,10,12H,4-5,9H2,1-3H3,(H,26,29)/t12-/m1/s1. The predicted molar refractivity (Wildman–Crippen MR) is 106 cm³/mol. The Bertz CT molecular complexity index is 1210. The Morgan fingerprint density at radius 3 is 2.68 bits per heavy atom. The van der Waals surface area contributed by atoms with Crippen LogP contribution in [0.25, 0.3) is 10.9 Å². The zero-order chi connectivity index (χ0) is 22.5. The van der Waals surface area contributed by atoms with E-state index in [9.17, 15) is 22.8 Å². The number of pyridine rings is 2. The first-order chi connectivity index (χ1) is 14.5. The van der Waals surface area contributed by atoms with E-state index in [1.54, 1.807) is 11.0 Å². The van der Waals surface area contributed by atoms with Crippen LogP contribution >= 0.6 is 0 Å². The van der Waals surface area contributed by atoms with E-state index < -0.39 is 22.7 Å². The van der Waals surface area contributed by atoms with Gasteiger partial charge >= 0.3 is 6.18 Å². The molecule has 1 N–H and O–H groups in total. The van der Waals surface area contributed by atoms with Gasteiger partial charge in [0.15, 0.2) is 0 Å². The summed E-state index contributed by atoms with van der Waals surface area (Å²) in [5, 5.41) is 3.42. The number of amides is 1. The van der Waals surface area contributed by atoms with E-state index in [0.717, 1.165) is 6.07 Å². The molecule has 1 saturated heterocycles. The lowest BCUT2D eigenvalue weighted by Gasteiger charge is -2.16. The van der Waals surface area contributed by atoms with E-state index in [1.807, 2.05) is 13.8 Å². The fourth-order valence-electron chi connectivity index (χ4n) is 3.88. The van der Waals surface area contributed by atoms with Gasteiger partial charge in [0, 0.05) is 36.5 Å². The number of fused-ring (bicyclic) bond motifs is 1. The third kappa shape index (κ3) is 3.94. The molecule has 4 rings (SSSR count). The normalized spacial score (nSPS) is 17.1. The summed E-state index contributed by atoms with van der Waals surface area (Å²) in [6.45, 7) is 6.06. The number of halogens is 3. The second kappa shape index (κ2) is 7.51. The summed E-state index contributed by atoms with van der Waals surface area (Å²) >= 11 is 0. The van der Waals surface area contributed by atoms with Gasteiger partial charge in [-0.05, 0) is 31.4 Å². The number of aromatic nitrogens is 3. The van der Waals surface area contributed by atoms with Crippen LogP contribution in [-0.2, 0) is 6.18 Å². The molecule has 1 aliphatic rings. The Morgan fingerprint density at radius 2 is 2.03 bits per heavy atom. The van der Waals surface area contributed by atoms with E-state index >= 15 is 0 Å². The third-order valence-electron chi connectivity index (χ3n) is 5.50.